The first-order valence-electron chi connectivity index (χ1n) is 5.56. The van der Waals surface area contributed by atoms with E-state index in [1.165, 1.54) is 7.11 Å². The third-order valence-electron chi connectivity index (χ3n) is 2.81. The van der Waals surface area contributed by atoms with E-state index in [1.807, 2.05) is 13.8 Å². The third-order valence-corrected chi connectivity index (χ3v) is 3.23. The Hall–Kier alpha value is -0.810. The molecule has 2 atom stereocenters. The molecule has 0 aliphatic heterocycles. The standard InChI is InChI=1S/C12H18BrNO3/c1-5-8(2)14-12(3,11(15)16-4)9-6-7-10(13)17-9/h6-8,14H,5H2,1-4H3. The summed E-state index contributed by atoms with van der Waals surface area (Å²) >= 11 is 3.23. The molecule has 4 nitrogen and oxygen atoms in total. The van der Waals surface area contributed by atoms with Crippen molar-refractivity contribution in [1.82, 2.24) is 5.32 Å². The zero-order chi connectivity index (χ0) is 13.1. The highest BCUT2D eigenvalue weighted by Gasteiger charge is 2.40. The number of rotatable bonds is 5. The molecule has 1 heterocycles. The first kappa shape index (κ1) is 14.3. The molecule has 17 heavy (non-hydrogen) atoms. The van der Waals surface area contributed by atoms with Gasteiger partial charge in [-0.25, -0.2) is 4.79 Å². The van der Waals surface area contributed by atoms with Gasteiger partial charge in [0.05, 0.1) is 7.11 Å². The van der Waals surface area contributed by atoms with Gasteiger partial charge in [0.15, 0.2) is 10.2 Å². The largest absolute Gasteiger partial charge is 0.467 e. The number of esters is 1. The van der Waals surface area contributed by atoms with E-state index in [9.17, 15) is 4.79 Å². The molecule has 1 aromatic rings. The van der Waals surface area contributed by atoms with Gasteiger partial charge in [-0.3, -0.25) is 5.32 Å². The average Bonchev–Trinajstić information content (AvgIpc) is 2.74. The summed E-state index contributed by atoms with van der Waals surface area (Å²) in [6.45, 7) is 5.82. The summed E-state index contributed by atoms with van der Waals surface area (Å²) in [6, 6.07) is 3.70. The van der Waals surface area contributed by atoms with Crippen LogP contribution in [0.1, 0.15) is 33.0 Å². The molecule has 0 aliphatic rings. The van der Waals surface area contributed by atoms with Gasteiger partial charge in [0.2, 0.25) is 0 Å². The molecule has 0 radical (unpaired) electrons. The summed E-state index contributed by atoms with van der Waals surface area (Å²) in [6.07, 6.45) is 0.911. The van der Waals surface area contributed by atoms with Gasteiger partial charge in [-0.1, -0.05) is 6.92 Å². The molecule has 2 unspecified atom stereocenters. The van der Waals surface area contributed by atoms with Gasteiger partial charge in [0.25, 0.3) is 0 Å². The lowest BCUT2D eigenvalue weighted by Gasteiger charge is -2.29. The minimum absolute atomic E-state index is 0.183. The molecule has 0 saturated carbocycles. The highest BCUT2D eigenvalue weighted by Crippen LogP contribution is 2.27. The van der Waals surface area contributed by atoms with Crippen LogP contribution in [0.5, 0.6) is 0 Å². The van der Waals surface area contributed by atoms with E-state index in [0.29, 0.717) is 10.4 Å². The SMILES string of the molecule is CCC(C)NC(C)(C(=O)OC)c1ccc(Br)o1. The Balaban J connectivity index is 3.05. The van der Waals surface area contributed by atoms with E-state index < -0.39 is 5.54 Å². The zero-order valence-electron chi connectivity index (χ0n) is 10.5. The molecule has 0 saturated heterocycles. The van der Waals surface area contributed by atoms with E-state index in [-0.39, 0.29) is 12.0 Å². The lowest BCUT2D eigenvalue weighted by atomic mass is 9.97. The lowest BCUT2D eigenvalue weighted by Crippen LogP contribution is -2.50. The Kier molecular flexibility index (Phi) is 4.77. The van der Waals surface area contributed by atoms with Gasteiger partial charge in [0, 0.05) is 6.04 Å². The number of halogens is 1. The number of hydrogen-bond acceptors (Lipinski definition) is 4. The van der Waals surface area contributed by atoms with Gasteiger partial charge in [-0.15, -0.1) is 0 Å². The van der Waals surface area contributed by atoms with Gasteiger partial charge in [-0.2, -0.15) is 0 Å². The molecule has 5 heteroatoms. The minimum atomic E-state index is -0.962. The summed E-state index contributed by atoms with van der Waals surface area (Å²) in [7, 11) is 1.37. The topological polar surface area (TPSA) is 51.5 Å². The Bertz CT molecular complexity index is 391. The van der Waals surface area contributed by atoms with Crippen LogP contribution in [0.2, 0.25) is 0 Å². The smallest absolute Gasteiger partial charge is 0.333 e. The number of nitrogens with one attached hydrogen (secondary N) is 1. The first-order chi connectivity index (χ1) is 7.93. The summed E-state index contributed by atoms with van der Waals surface area (Å²) < 4.78 is 10.9. The Morgan fingerprint density at radius 1 is 1.65 bits per heavy atom. The molecule has 0 bridgehead atoms. The van der Waals surface area contributed by atoms with E-state index in [2.05, 4.69) is 21.2 Å². The second kappa shape index (κ2) is 5.69. The molecule has 0 aliphatic carbocycles. The van der Waals surface area contributed by atoms with Gasteiger partial charge in [-0.05, 0) is 48.3 Å². The van der Waals surface area contributed by atoms with Crippen molar-refractivity contribution in [2.75, 3.05) is 7.11 Å². The molecule has 0 fully saturated rings. The second-order valence-corrected chi connectivity index (χ2v) is 4.96. The van der Waals surface area contributed by atoms with E-state index in [0.717, 1.165) is 6.42 Å². The maximum atomic E-state index is 11.9. The van der Waals surface area contributed by atoms with E-state index in [4.69, 9.17) is 9.15 Å². The fraction of sp³-hybridized carbons (Fsp3) is 0.583. The highest BCUT2D eigenvalue weighted by atomic mass is 79.9. The average molecular weight is 304 g/mol. The first-order valence-corrected chi connectivity index (χ1v) is 6.35. The van der Waals surface area contributed by atoms with Crippen molar-refractivity contribution in [3.05, 3.63) is 22.6 Å². The minimum Gasteiger partial charge on any atom is -0.467 e. The maximum Gasteiger partial charge on any atom is 0.333 e. The number of hydrogen-bond donors (Lipinski definition) is 1. The number of furan rings is 1. The molecular weight excluding hydrogens is 286 g/mol. The van der Waals surface area contributed by atoms with Crippen molar-refractivity contribution in [1.29, 1.82) is 0 Å². The fourth-order valence-corrected chi connectivity index (χ4v) is 1.92. The summed E-state index contributed by atoms with van der Waals surface area (Å²) in [5.41, 5.74) is -0.962. The Morgan fingerprint density at radius 2 is 2.29 bits per heavy atom. The monoisotopic (exact) mass is 303 g/mol. The number of methoxy groups -OCH3 is 1. The quantitative estimate of drug-likeness (QED) is 0.850. The maximum absolute atomic E-state index is 11.9. The van der Waals surface area contributed by atoms with Crippen LogP contribution in [0, 0.1) is 0 Å². The summed E-state index contributed by atoms with van der Waals surface area (Å²) in [4.78, 5) is 11.9. The normalized spacial score (nSPS) is 16.3. The molecule has 1 aromatic heterocycles. The molecule has 0 aromatic carbocycles. The van der Waals surface area contributed by atoms with Crippen LogP contribution in [-0.4, -0.2) is 19.1 Å². The predicted octanol–water partition coefficient (Wildman–Crippen LogP) is 2.82. The molecule has 1 rings (SSSR count). The predicted molar refractivity (Wildman–Crippen MR) is 68.7 cm³/mol. The van der Waals surface area contributed by atoms with Crippen LogP contribution in [-0.2, 0) is 15.1 Å². The van der Waals surface area contributed by atoms with Crippen LogP contribution in [0.3, 0.4) is 0 Å². The fourth-order valence-electron chi connectivity index (χ4n) is 1.61. The van der Waals surface area contributed by atoms with Crippen LogP contribution < -0.4 is 5.32 Å². The van der Waals surface area contributed by atoms with Crippen molar-refractivity contribution in [2.24, 2.45) is 0 Å². The van der Waals surface area contributed by atoms with Gasteiger partial charge >= 0.3 is 5.97 Å². The Labute approximate surface area is 110 Å². The van der Waals surface area contributed by atoms with Crippen molar-refractivity contribution in [3.8, 4) is 0 Å². The van der Waals surface area contributed by atoms with Crippen molar-refractivity contribution in [3.63, 3.8) is 0 Å². The Morgan fingerprint density at radius 3 is 2.71 bits per heavy atom. The van der Waals surface area contributed by atoms with Crippen LogP contribution in [0.25, 0.3) is 0 Å². The van der Waals surface area contributed by atoms with Crippen LogP contribution >= 0.6 is 15.9 Å². The number of ether oxygens (including phenoxy) is 1. The van der Waals surface area contributed by atoms with E-state index >= 15 is 0 Å². The number of carbonyl (C=O) groups excluding carboxylic acids is 1. The van der Waals surface area contributed by atoms with E-state index in [1.54, 1.807) is 19.1 Å². The molecule has 0 spiro atoms. The third kappa shape index (κ3) is 3.10. The molecule has 0 amide bonds. The van der Waals surface area contributed by atoms with Crippen molar-refractivity contribution >= 4 is 21.9 Å². The molecule has 1 N–H and O–H groups in total. The second-order valence-electron chi connectivity index (χ2n) is 4.17. The van der Waals surface area contributed by atoms with Crippen molar-refractivity contribution < 1.29 is 13.9 Å². The summed E-state index contributed by atoms with van der Waals surface area (Å²) in [5.74, 6) is 0.177. The lowest BCUT2D eigenvalue weighted by molar-refractivity contribution is -0.149. The number of carbonyl (C=O) groups is 1. The van der Waals surface area contributed by atoms with Crippen LogP contribution in [0.4, 0.5) is 0 Å². The zero-order valence-corrected chi connectivity index (χ0v) is 12.1. The van der Waals surface area contributed by atoms with Crippen molar-refractivity contribution in [2.45, 2.75) is 38.8 Å². The molecule has 96 valence electrons. The summed E-state index contributed by atoms with van der Waals surface area (Å²) in [5, 5.41) is 3.23. The highest BCUT2D eigenvalue weighted by molar-refractivity contribution is 9.10. The van der Waals surface area contributed by atoms with Gasteiger partial charge < -0.3 is 9.15 Å². The molecular formula is C12H18BrNO3. The van der Waals surface area contributed by atoms with Crippen LogP contribution in [0.15, 0.2) is 21.2 Å². The van der Waals surface area contributed by atoms with Gasteiger partial charge in [0.1, 0.15) is 5.76 Å².